The molecular weight excluding hydrogens is 262 g/mol. The van der Waals surface area contributed by atoms with E-state index in [1.54, 1.807) is 12.3 Å². The number of carbonyl (C=O) groups excluding carboxylic acids is 1. The summed E-state index contributed by atoms with van der Waals surface area (Å²) in [6.45, 7) is 4.41. The summed E-state index contributed by atoms with van der Waals surface area (Å²) in [5, 5.41) is 1.28. The number of aryl methyl sites for hydroxylation is 1. The van der Waals surface area contributed by atoms with Crippen molar-refractivity contribution in [2.24, 2.45) is 0 Å². The highest BCUT2D eigenvalue weighted by Crippen LogP contribution is 2.26. The molecule has 0 radical (unpaired) electrons. The lowest BCUT2D eigenvalue weighted by molar-refractivity contribution is 0.0502. The predicted molar refractivity (Wildman–Crippen MR) is 76.7 cm³/mol. The average molecular weight is 278 g/mol. The first-order chi connectivity index (χ1) is 9.13. The number of fused-ring (bicyclic) bond motifs is 1. The van der Waals surface area contributed by atoms with Crippen molar-refractivity contribution in [3.05, 3.63) is 40.5 Å². The molecule has 0 aliphatic heterocycles. The van der Waals surface area contributed by atoms with E-state index in [0.29, 0.717) is 22.7 Å². The average Bonchev–Trinajstić information content (AvgIpc) is 2.39. The second-order valence-corrected chi connectivity index (χ2v) is 4.90. The maximum atomic E-state index is 12.1. The molecule has 0 saturated carbocycles. The third-order valence-corrected chi connectivity index (χ3v) is 3.19. The van der Waals surface area contributed by atoms with Gasteiger partial charge in [0.1, 0.15) is 5.56 Å². The number of unbranched alkanes of at least 4 members (excludes halogenated alkanes) is 1. The van der Waals surface area contributed by atoms with E-state index >= 15 is 0 Å². The third kappa shape index (κ3) is 3.04. The Labute approximate surface area is 117 Å². The SMILES string of the molecule is CCCCOC(=O)c1c(Cl)ccc2cc(C)cnc12. The topological polar surface area (TPSA) is 39.2 Å². The zero-order chi connectivity index (χ0) is 13.8. The van der Waals surface area contributed by atoms with Crippen molar-refractivity contribution in [3.63, 3.8) is 0 Å². The van der Waals surface area contributed by atoms with Gasteiger partial charge < -0.3 is 4.74 Å². The summed E-state index contributed by atoms with van der Waals surface area (Å²) in [6, 6.07) is 5.55. The van der Waals surface area contributed by atoms with Crippen LogP contribution >= 0.6 is 11.6 Å². The first-order valence-electron chi connectivity index (χ1n) is 6.35. The Balaban J connectivity index is 2.40. The summed E-state index contributed by atoms with van der Waals surface area (Å²) in [5.74, 6) is -0.402. The molecule has 1 aromatic carbocycles. The van der Waals surface area contributed by atoms with Gasteiger partial charge >= 0.3 is 5.97 Å². The Morgan fingerprint density at radius 3 is 2.95 bits per heavy atom. The molecule has 0 N–H and O–H groups in total. The fourth-order valence-electron chi connectivity index (χ4n) is 1.86. The Bertz CT molecular complexity index is 610. The van der Waals surface area contributed by atoms with E-state index in [4.69, 9.17) is 16.3 Å². The summed E-state index contributed by atoms with van der Waals surface area (Å²) in [5.41, 5.74) is 2.00. The lowest BCUT2D eigenvalue weighted by Gasteiger charge is -2.09. The molecule has 0 amide bonds. The second kappa shape index (κ2) is 6.02. The number of aromatic nitrogens is 1. The molecule has 0 atom stereocenters. The van der Waals surface area contributed by atoms with Crippen molar-refractivity contribution in [1.29, 1.82) is 0 Å². The number of esters is 1. The van der Waals surface area contributed by atoms with Crippen molar-refractivity contribution < 1.29 is 9.53 Å². The van der Waals surface area contributed by atoms with Crippen LogP contribution in [0.15, 0.2) is 24.4 Å². The fraction of sp³-hybridized carbons (Fsp3) is 0.333. The third-order valence-electron chi connectivity index (χ3n) is 2.87. The smallest absolute Gasteiger partial charge is 0.341 e. The maximum Gasteiger partial charge on any atom is 0.341 e. The normalized spacial score (nSPS) is 10.7. The molecule has 0 spiro atoms. The standard InChI is InChI=1S/C15H16ClNO2/c1-3-4-7-19-15(18)13-12(16)6-5-11-8-10(2)9-17-14(11)13/h5-6,8-9H,3-4,7H2,1-2H3. The van der Waals surface area contributed by atoms with Crippen molar-refractivity contribution in [2.75, 3.05) is 6.61 Å². The summed E-state index contributed by atoms with van der Waals surface area (Å²) >= 11 is 6.11. The molecule has 1 heterocycles. The van der Waals surface area contributed by atoms with E-state index < -0.39 is 5.97 Å². The van der Waals surface area contributed by atoms with E-state index in [0.717, 1.165) is 23.8 Å². The van der Waals surface area contributed by atoms with E-state index in [1.165, 1.54) is 0 Å². The van der Waals surface area contributed by atoms with Crippen LogP contribution in [0.5, 0.6) is 0 Å². The summed E-state index contributed by atoms with van der Waals surface area (Å²) in [4.78, 5) is 16.4. The molecule has 0 saturated heterocycles. The number of ether oxygens (including phenoxy) is 1. The number of pyridine rings is 1. The minimum Gasteiger partial charge on any atom is -0.462 e. The number of rotatable bonds is 4. The number of carbonyl (C=O) groups is 1. The first kappa shape index (κ1) is 13.8. The molecule has 0 bridgehead atoms. The largest absolute Gasteiger partial charge is 0.462 e. The molecule has 4 heteroatoms. The zero-order valence-electron chi connectivity index (χ0n) is 11.1. The second-order valence-electron chi connectivity index (χ2n) is 4.50. The van der Waals surface area contributed by atoms with Crippen LogP contribution < -0.4 is 0 Å². The van der Waals surface area contributed by atoms with E-state index in [-0.39, 0.29) is 0 Å². The quantitative estimate of drug-likeness (QED) is 0.622. The number of halogens is 1. The van der Waals surface area contributed by atoms with Crippen molar-refractivity contribution in [3.8, 4) is 0 Å². The van der Waals surface area contributed by atoms with Crippen LogP contribution in [0.2, 0.25) is 5.02 Å². The molecule has 0 unspecified atom stereocenters. The van der Waals surface area contributed by atoms with Crippen LogP contribution in [0.1, 0.15) is 35.7 Å². The predicted octanol–water partition coefficient (Wildman–Crippen LogP) is 4.15. The van der Waals surface area contributed by atoms with Crippen LogP contribution in [0, 0.1) is 6.92 Å². The van der Waals surface area contributed by atoms with Gasteiger partial charge in [-0.3, -0.25) is 4.98 Å². The van der Waals surface area contributed by atoms with Gasteiger partial charge in [0.05, 0.1) is 17.1 Å². The summed E-state index contributed by atoms with van der Waals surface area (Å²) in [6.07, 6.45) is 3.55. The van der Waals surface area contributed by atoms with E-state index in [1.807, 2.05) is 26.0 Å². The highest BCUT2D eigenvalue weighted by molar-refractivity contribution is 6.35. The first-order valence-corrected chi connectivity index (χ1v) is 6.73. The van der Waals surface area contributed by atoms with Gasteiger partial charge in [0, 0.05) is 11.6 Å². The van der Waals surface area contributed by atoms with Crippen molar-refractivity contribution in [1.82, 2.24) is 4.98 Å². The molecule has 2 rings (SSSR count). The van der Waals surface area contributed by atoms with E-state index in [2.05, 4.69) is 4.98 Å². The zero-order valence-corrected chi connectivity index (χ0v) is 11.8. The molecule has 0 aliphatic carbocycles. The van der Waals surface area contributed by atoms with Crippen LogP contribution in [0.25, 0.3) is 10.9 Å². The van der Waals surface area contributed by atoms with Crippen molar-refractivity contribution >= 4 is 28.5 Å². The molecule has 0 aliphatic rings. The van der Waals surface area contributed by atoms with Gasteiger partial charge in [-0.25, -0.2) is 4.79 Å². The van der Waals surface area contributed by atoms with Gasteiger partial charge in [0.15, 0.2) is 0 Å². The fourth-order valence-corrected chi connectivity index (χ4v) is 2.09. The van der Waals surface area contributed by atoms with Crippen LogP contribution in [-0.2, 0) is 4.74 Å². The number of hydrogen-bond donors (Lipinski definition) is 0. The molecular formula is C15H16ClNO2. The van der Waals surface area contributed by atoms with Gasteiger partial charge in [-0.05, 0) is 31.0 Å². The Morgan fingerprint density at radius 1 is 1.42 bits per heavy atom. The maximum absolute atomic E-state index is 12.1. The highest BCUT2D eigenvalue weighted by Gasteiger charge is 2.17. The molecule has 0 fully saturated rings. The van der Waals surface area contributed by atoms with Crippen molar-refractivity contribution in [2.45, 2.75) is 26.7 Å². The van der Waals surface area contributed by atoms with Gasteiger partial charge in [-0.2, -0.15) is 0 Å². The molecule has 2 aromatic rings. The Kier molecular flexibility index (Phi) is 4.38. The number of benzene rings is 1. The Morgan fingerprint density at radius 2 is 2.21 bits per heavy atom. The molecule has 19 heavy (non-hydrogen) atoms. The summed E-state index contributed by atoms with van der Waals surface area (Å²) < 4.78 is 5.22. The van der Waals surface area contributed by atoms with Gasteiger partial charge in [-0.1, -0.05) is 31.0 Å². The van der Waals surface area contributed by atoms with Gasteiger partial charge in [0.25, 0.3) is 0 Å². The minimum atomic E-state index is -0.402. The Hall–Kier alpha value is -1.61. The minimum absolute atomic E-state index is 0.357. The lowest BCUT2D eigenvalue weighted by Crippen LogP contribution is -2.08. The number of hydrogen-bond acceptors (Lipinski definition) is 3. The van der Waals surface area contributed by atoms with Crippen LogP contribution in [0.4, 0.5) is 0 Å². The molecule has 1 aromatic heterocycles. The monoisotopic (exact) mass is 277 g/mol. The summed E-state index contributed by atoms with van der Waals surface area (Å²) in [7, 11) is 0. The highest BCUT2D eigenvalue weighted by atomic mass is 35.5. The van der Waals surface area contributed by atoms with E-state index in [9.17, 15) is 4.79 Å². The molecule has 3 nitrogen and oxygen atoms in total. The number of nitrogens with zero attached hydrogens (tertiary/aromatic N) is 1. The van der Waals surface area contributed by atoms with Gasteiger partial charge in [0.2, 0.25) is 0 Å². The van der Waals surface area contributed by atoms with Gasteiger partial charge in [-0.15, -0.1) is 0 Å². The van der Waals surface area contributed by atoms with Crippen LogP contribution in [-0.4, -0.2) is 17.6 Å². The van der Waals surface area contributed by atoms with Crippen LogP contribution in [0.3, 0.4) is 0 Å². The lowest BCUT2D eigenvalue weighted by atomic mass is 10.1. The molecule has 100 valence electrons.